The molecule has 102 valence electrons. The molecule has 0 fully saturated rings. The van der Waals surface area contributed by atoms with Gasteiger partial charge in [-0.05, 0) is 17.7 Å². The van der Waals surface area contributed by atoms with E-state index in [1.807, 2.05) is 42.5 Å². The van der Waals surface area contributed by atoms with E-state index in [-0.39, 0.29) is 11.7 Å². The minimum atomic E-state index is -3.64. The van der Waals surface area contributed by atoms with Gasteiger partial charge in [0, 0.05) is 6.54 Å². The van der Waals surface area contributed by atoms with Gasteiger partial charge in [-0.3, -0.25) is 0 Å². The van der Waals surface area contributed by atoms with Gasteiger partial charge in [0.05, 0.1) is 11.0 Å². The number of fused-ring (bicyclic) bond motifs is 1. The first kappa shape index (κ1) is 12.8. The number of nitrogens with zero attached hydrogens (tertiary/aromatic N) is 1. The van der Waals surface area contributed by atoms with Crippen molar-refractivity contribution in [3.63, 3.8) is 0 Å². The Bertz CT molecular complexity index is 793. The lowest BCUT2D eigenvalue weighted by atomic mass is 10.2. The van der Waals surface area contributed by atoms with Crippen LogP contribution >= 0.6 is 0 Å². The van der Waals surface area contributed by atoms with Crippen LogP contribution in [-0.4, -0.2) is 18.4 Å². The van der Waals surface area contributed by atoms with E-state index >= 15 is 0 Å². The van der Waals surface area contributed by atoms with Crippen molar-refractivity contribution in [3.8, 4) is 0 Å². The van der Waals surface area contributed by atoms with E-state index in [2.05, 4.69) is 14.7 Å². The zero-order valence-corrected chi connectivity index (χ0v) is 11.4. The molecular weight excluding hydrogens is 274 g/mol. The van der Waals surface area contributed by atoms with Crippen molar-refractivity contribution < 1.29 is 8.42 Å². The van der Waals surface area contributed by atoms with E-state index in [0.717, 1.165) is 5.56 Å². The van der Waals surface area contributed by atoms with Crippen molar-refractivity contribution in [3.05, 3.63) is 60.2 Å². The largest absolute Gasteiger partial charge is 0.328 e. The first-order chi connectivity index (χ1) is 9.65. The number of aromatic amines is 1. The van der Waals surface area contributed by atoms with Crippen LogP contribution in [0.1, 0.15) is 5.56 Å². The van der Waals surface area contributed by atoms with Gasteiger partial charge in [0.15, 0.2) is 0 Å². The highest BCUT2D eigenvalue weighted by atomic mass is 32.2. The van der Waals surface area contributed by atoms with Gasteiger partial charge < -0.3 is 4.98 Å². The second-order valence-corrected chi connectivity index (χ2v) is 6.05. The van der Waals surface area contributed by atoms with Crippen LogP contribution in [0.3, 0.4) is 0 Å². The molecule has 2 aromatic carbocycles. The summed E-state index contributed by atoms with van der Waals surface area (Å²) in [6, 6.07) is 16.5. The average molecular weight is 287 g/mol. The summed E-state index contributed by atoms with van der Waals surface area (Å²) in [6.45, 7) is 0.236. The summed E-state index contributed by atoms with van der Waals surface area (Å²) < 4.78 is 26.9. The lowest BCUT2D eigenvalue weighted by Crippen LogP contribution is -2.24. The number of para-hydroxylation sites is 2. The van der Waals surface area contributed by atoms with Crippen molar-refractivity contribution >= 4 is 21.1 Å². The zero-order valence-electron chi connectivity index (χ0n) is 10.6. The van der Waals surface area contributed by atoms with E-state index in [0.29, 0.717) is 11.0 Å². The molecule has 6 heteroatoms. The number of rotatable bonds is 4. The van der Waals surface area contributed by atoms with Gasteiger partial charge in [0.25, 0.3) is 10.0 Å². The Kier molecular flexibility index (Phi) is 3.25. The number of imidazole rings is 1. The third-order valence-corrected chi connectivity index (χ3v) is 4.16. The summed E-state index contributed by atoms with van der Waals surface area (Å²) >= 11 is 0. The minimum absolute atomic E-state index is 0.0605. The predicted octanol–water partition coefficient (Wildman–Crippen LogP) is 2.04. The van der Waals surface area contributed by atoms with Crippen LogP contribution in [-0.2, 0) is 16.6 Å². The molecule has 0 aliphatic carbocycles. The molecule has 0 spiro atoms. The van der Waals surface area contributed by atoms with Crippen LogP contribution in [0.5, 0.6) is 0 Å². The van der Waals surface area contributed by atoms with E-state index in [1.165, 1.54) is 0 Å². The first-order valence-electron chi connectivity index (χ1n) is 6.13. The van der Waals surface area contributed by atoms with Crippen LogP contribution < -0.4 is 4.72 Å². The van der Waals surface area contributed by atoms with Crippen LogP contribution in [0.2, 0.25) is 0 Å². The second kappa shape index (κ2) is 5.07. The fraction of sp³-hybridized carbons (Fsp3) is 0.0714. The molecule has 3 aromatic rings. The maximum absolute atomic E-state index is 12.2. The highest BCUT2D eigenvalue weighted by Gasteiger charge is 2.18. The van der Waals surface area contributed by atoms with Gasteiger partial charge in [0.2, 0.25) is 5.16 Å². The molecular formula is C14H13N3O2S. The van der Waals surface area contributed by atoms with Crippen molar-refractivity contribution in [2.45, 2.75) is 11.7 Å². The number of H-pyrrole nitrogens is 1. The highest BCUT2D eigenvalue weighted by molar-refractivity contribution is 7.89. The third-order valence-electron chi connectivity index (χ3n) is 2.93. The lowest BCUT2D eigenvalue weighted by molar-refractivity contribution is 0.574. The summed E-state index contributed by atoms with van der Waals surface area (Å²) in [6.07, 6.45) is 0. The standard InChI is InChI=1S/C14H13N3O2S/c18-20(19,15-10-11-6-2-1-3-7-11)14-16-12-8-4-5-9-13(12)17-14/h1-9,15H,10H2,(H,16,17). The molecule has 5 nitrogen and oxygen atoms in total. The topological polar surface area (TPSA) is 74.8 Å². The van der Waals surface area contributed by atoms with Crippen molar-refractivity contribution in [1.82, 2.24) is 14.7 Å². The van der Waals surface area contributed by atoms with E-state index in [1.54, 1.807) is 12.1 Å². The number of hydrogen-bond acceptors (Lipinski definition) is 3. The van der Waals surface area contributed by atoms with Crippen LogP contribution in [0.15, 0.2) is 59.8 Å². The lowest BCUT2D eigenvalue weighted by Gasteiger charge is -2.03. The van der Waals surface area contributed by atoms with E-state index < -0.39 is 10.0 Å². The molecule has 1 aromatic heterocycles. The van der Waals surface area contributed by atoms with Crippen molar-refractivity contribution in [2.75, 3.05) is 0 Å². The summed E-state index contributed by atoms with van der Waals surface area (Å²) in [7, 11) is -3.64. The monoisotopic (exact) mass is 287 g/mol. The fourth-order valence-electron chi connectivity index (χ4n) is 1.90. The Morgan fingerprint density at radius 2 is 1.70 bits per heavy atom. The number of aromatic nitrogens is 2. The summed E-state index contributed by atoms with van der Waals surface area (Å²) in [5.74, 6) is 0. The average Bonchev–Trinajstić information content (AvgIpc) is 2.91. The van der Waals surface area contributed by atoms with Gasteiger partial charge in [-0.2, -0.15) is 0 Å². The smallest absolute Gasteiger partial charge is 0.274 e. The molecule has 0 saturated carbocycles. The molecule has 0 unspecified atom stereocenters. The minimum Gasteiger partial charge on any atom is -0.328 e. The Hall–Kier alpha value is -2.18. The van der Waals surface area contributed by atoms with Gasteiger partial charge in [0.1, 0.15) is 0 Å². The summed E-state index contributed by atoms with van der Waals surface area (Å²) in [5.41, 5.74) is 2.23. The molecule has 0 atom stereocenters. The molecule has 0 aliphatic heterocycles. The molecule has 1 heterocycles. The third kappa shape index (κ3) is 2.56. The second-order valence-electron chi connectivity index (χ2n) is 4.37. The van der Waals surface area contributed by atoms with Gasteiger partial charge >= 0.3 is 0 Å². The highest BCUT2D eigenvalue weighted by Crippen LogP contribution is 2.13. The maximum atomic E-state index is 12.2. The van der Waals surface area contributed by atoms with E-state index in [9.17, 15) is 8.42 Å². The summed E-state index contributed by atoms with van der Waals surface area (Å²) in [4.78, 5) is 6.90. The van der Waals surface area contributed by atoms with Crippen LogP contribution in [0.4, 0.5) is 0 Å². The Labute approximate surface area is 116 Å². The predicted molar refractivity (Wildman–Crippen MR) is 76.6 cm³/mol. The zero-order chi connectivity index (χ0) is 14.0. The Morgan fingerprint density at radius 3 is 2.45 bits per heavy atom. The van der Waals surface area contributed by atoms with Gasteiger partial charge in [-0.1, -0.05) is 42.5 Å². The summed E-state index contributed by atoms with van der Waals surface area (Å²) in [5, 5.41) is -0.0605. The van der Waals surface area contributed by atoms with Crippen molar-refractivity contribution in [1.29, 1.82) is 0 Å². The number of nitrogens with one attached hydrogen (secondary N) is 2. The van der Waals surface area contributed by atoms with Crippen molar-refractivity contribution in [2.24, 2.45) is 0 Å². The molecule has 3 rings (SSSR count). The van der Waals surface area contributed by atoms with Crippen LogP contribution in [0.25, 0.3) is 11.0 Å². The molecule has 0 amide bonds. The number of benzene rings is 2. The van der Waals surface area contributed by atoms with E-state index in [4.69, 9.17) is 0 Å². The first-order valence-corrected chi connectivity index (χ1v) is 7.62. The normalized spacial score (nSPS) is 11.8. The Morgan fingerprint density at radius 1 is 1.00 bits per heavy atom. The SMILES string of the molecule is O=S(=O)(NCc1ccccc1)c1nc2ccccc2[nH]1. The molecule has 0 saturated heterocycles. The fourth-order valence-corrected chi connectivity index (χ4v) is 2.86. The van der Waals surface area contributed by atoms with Gasteiger partial charge in [-0.15, -0.1) is 0 Å². The number of sulfonamides is 1. The molecule has 2 N–H and O–H groups in total. The van der Waals surface area contributed by atoms with Gasteiger partial charge in [-0.25, -0.2) is 18.1 Å². The molecule has 20 heavy (non-hydrogen) atoms. The van der Waals surface area contributed by atoms with Crippen LogP contribution in [0, 0.1) is 0 Å². The maximum Gasteiger partial charge on any atom is 0.274 e. The quantitative estimate of drug-likeness (QED) is 0.771. The Balaban J connectivity index is 1.84. The number of hydrogen-bond donors (Lipinski definition) is 2. The molecule has 0 aliphatic rings. The molecule has 0 radical (unpaired) electrons. The molecule has 0 bridgehead atoms.